The van der Waals surface area contributed by atoms with Crippen LogP contribution in [0.1, 0.15) is 57.2 Å². The van der Waals surface area contributed by atoms with Crippen LogP contribution in [-0.2, 0) is 9.47 Å². The molecule has 5 heteroatoms. The number of aryl methyl sites for hydroxylation is 1. The van der Waals surface area contributed by atoms with Crippen LogP contribution in [0, 0.1) is 6.92 Å². The number of thiazole rings is 1. The van der Waals surface area contributed by atoms with Gasteiger partial charge in [-0.15, -0.1) is 17.9 Å². The third-order valence-corrected chi connectivity index (χ3v) is 7.22. The fraction of sp³-hybridized carbons (Fsp3) is 0.625. The lowest BCUT2D eigenvalue weighted by Crippen LogP contribution is -2.23. The van der Waals surface area contributed by atoms with Gasteiger partial charge < -0.3 is 9.47 Å². The summed E-state index contributed by atoms with van der Waals surface area (Å²) in [4.78, 5) is 4.56. The molecule has 1 heterocycles. The average molecular weight is 436 g/mol. The van der Waals surface area contributed by atoms with Gasteiger partial charge >= 0.3 is 0 Å². The van der Waals surface area contributed by atoms with E-state index in [4.69, 9.17) is 9.47 Å². The maximum atomic E-state index is 6.13. The van der Waals surface area contributed by atoms with E-state index in [2.05, 4.69) is 69.5 Å². The topological polar surface area (TPSA) is 31.4 Å². The Labute approximate surface area is 183 Å². The Hall–Kier alpha value is -1.01. The van der Waals surface area contributed by atoms with Gasteiger partial charge in [0.05, 0.1) is 16.8 Å². The monoisotopic (exact) mass is 435 g/mol. The first-order valence-corrected chi connectivity index (χ1v) is 15.2. The Kier molecular flexibility index (Phi) is 12.0. The fourth-order valence-corrected chi connectivity index (χ4v) is 4.13. The SMILES string of the molecule is C=C(C)CCC/C(C)=C/CC(OCOCC[Si](C)(C)C)/C(C)=C/c1csc(C)n1. The highest BCUT2D eigenvalue weighted by Crippen LogP contribution is 2.19. The van der Waals surface area contributed by atoms with Gasteiger partial charge in [-0.3, -0.25) is 0 Å². The summed E-state index contributed by atoms with van der Waals surface area (Å²) in [5.41, 5.74) is 4.87. The molecule has 0 aliphatic heterocycles. The minimum Gasteiger partial charge on any atom is -0.356 e. The van der Waals surface area contributed by atoms with Crippen LogP contribution in [-0.4, -0.2) is 32.6 Å². The van der Waals surface area contributed by atoms with Crippen LogP contribution in [0.25, 0.3) is 6.08 Å². The molecule has 1 rings (SSSR count). The molecule has 0 radical (unpaired) electrons. The molecule has 3 nitrogen and oxygen atoms in total. The lowest BCUT2D eigenvalue weighted by atomic mass is 10.0. The third-order valence-electron chi connectivity index (χ3n) is 4.72. The second-order valence-electron chi connectivity index (χ2n) is 9.27. The van der Waals surface area contributed by atoms with Gasteiger partial charge in [0.25, 0.3) is 0 Å². The van der Waals surface area contributed by atoms with Gasteiger partial charge in [0.15, 0.2) is 0 Å². The van der Waals surface area contributed by atoms with Crippen molar-refractivity contribution < 1.29 is 9.47 Å². The number of ether oxygens (including phenoxy) is 2. The summed E-state index contributed by atoms with van der Waals surface area (Å²) in [6.07, 6.45) is 8.70. The van der Waals surface area contributed by atoms with Gasteiger partial charge in [0.1, 0.15) is 6.79 Å². The summed E-state index contributed by atoms with van der Waals surface area (Å²) in [6, 6.07) is 1.16. The summed E-state index contributed by atoms with van der Waals surface area (Å²) in [6.45, 7) is 20.7. The average Bonchev–Trinajstić information content (AvgIpc) is 3.00. The van der Waals surface area contributed by atoms with Gasteiger partial charge in [-0.05, 0) is 71.1 Å². The van der Waals surface area contributed by atoms with Crippen molar-refractivity contribution in [2.24, 2.45) is 0 Å². The van der Waals surface area contributed by atoms with Crippen molar-refractivity contribution in [3.05, 3.63) is 45.5 Å². The van der Waals surface area contributed by atoms with E-state index in [0.717, 1.165) is 49.0 Å². The molecule has 0 N–H and O–H groups in total. The zero-order valence-corrected chi connectivity index (χ0v) is 21.5. The van der Waals surface area contributed by atoms with Crippen LogP contribution < -0.4 is 0 Å². The molecular weight excluding hydrogens is 394 g/mol. The summed E-state index contributed by atoms with van der Waals surface area (Å²) >= 11 is 1.68. The highest BCUT2D eigenvalue weighted by molar-refractivity contribution is 7.09. The summed E-state index contributed by atoms with van der Waals surface area (Å²) in [5.74, 6) is 0. The van der Waals surface area contributed by atoms with Crippen LogP contribution >= 0.6 is 11.3 Å². The second kappa shape index (κ2) is 13.3. The van der Waals surface area contributed by atoms with Crippen molar-refractivity contribution in [2.45, 2.75) is 85.2 Å². The molecule has 0 aliphatic rings. The summed E-state index contributed by atoms with van der Waals surface area (Å²) < 4.78 is 11.9. The predicted molar refractivity (Wildman–Crippen MR) is 131 cm³/mol. The Morgan fingerprint density at radius 1 is 1.24 bits per heavy atom. The third kappa shape index (κ3) is 13.0. The number of aromatic nitrogens is 1. The molecule has 0 spiro atoms. The minimum atomic E-state index is -1.07. The first-order valence-electron chi connectivity index (χ1n) is 10.7. The van der Waals surface area contributed by atoms with Crippen molar-refractivity contribution in [1.82, 2.24) is 4.98 Å². The van der Waals surface area contributed by atoms with E-state index in [1.165, 1.54) is 16.7 Å². The van der Waals surface area contributed by atoms with Crippen molar-refractivity contribution in [2.75, 3.05) is 13.4 Å². The summed E-state index contributed by atoms with van der Waals surface area (Å²) in [5, 5.41) is 3.18. The van der Waals surface area contributed by atoms with Crippen molar-refractivity contribution in [1.29, 1.82) is 0 Å². The van der Waals surface area contributed by atoms with Gasteiger partial charge in [0, 0.05) is 20.1 Å². The quantitative estimate of drug-likeness (QED) is 0.130. The lowest BCUT2D eigenvalue weighted by Gasteiger charge is -2.19. The molecule has 0 amide bonds. The molecule has 164 valence electrons. The second-order valence-corrected chi connectivity index (χ2v) is 16.0. The zero-order valence-electron chi connectivity index (χ0n) is 19.6. The molecule has 0 saturated heterocycles. The first kappa shape index (κ1) is 26.0. The standard InChI is InChI=1S/C24H41NO2SSi/c1-19(2)10-9-11-20(3)12-13-24(27-18-26-14-15-29(6,7)8)21(4)16-23-17-28-22(5)25-23/h12,16-17,24H,1,9-11,13-15,18H2,2-8H3/b20-12+,21-16+. The largest absolute Gasteiger partial charge is 0.356 e. The van der Waals surface area contributed by atoms with Crippen molar-refractivity contribution >= 4 is 25.5 Å². The van der Waals surface area contributed by atoms with Gasteiger partial charge in [-0.1, -0.05) is 36.9 Å². The Bertz CT molecular complexity index is 685. The van der Waals surface area contributed by atoms with Crippen LogP contribution in [0.4, 0.5) is 0 Å². The molecule has 1 aromatic rings. The highest BCUT2D eigenvalue weighted by atomic mass is 32.1. The highest BCUT2D eigenvalue weighted by Gasteiger charge is 2.14. The molecule has 0 saturated carbocycles. The van der Waals surface area contributed by atoms with E-state index in [1.807, 2.05) is 6.92 Å². The normalized spacial score (nSPS) is 14.3. The van der Waals surface area contributed by atoms with Crippen LogP contribution in [0.3, 0.4) is 0 Å². The molecular formula is C24H41NO2SSi. The Morgan fingerprint density at radius 3 is 2.55 bits per heavy atom. The minimum absolute atomic E-state index is 0.0139. The molecule has 0 fully saturated rings. The van der Waals surface area contributed by atoms with Crippen LogP contribution in [0.2, 0.25) is 25.7 Å². The fourth-order valence-electron chi connectivity index (χ4n) is 2.80. The first-order chi connectivity index (χ1) is 13.6. The zero-order chi connectivity index (χ0) is 21.9. The maximum absolute atomic E-state index is 6.13. The number of hydrogen-bond donors (Lipinski definition) is 0. The van der Waals surface area contributed by atoms with E-state index in [9.17, 15) is 0 Å². The van der Waals surface area contributed by atoms with Crippen LogP contribution in [0.5, 0.6) is 0 Å². The maximum Gasteiger partial charge on any atom is 0.147 e. The van der Waals surface area contributed by atoms with Gasteiger partial charge in [-0.25, -0.2) is 4.98 Å². The number of allylic oxidation sites excluding steroid dienone is 2. The number of rotatable bonds is 14. The molecule has 0 bridgehead atoms. The van der Waals surface area contributed by atoms with E-state index in [0.29, 0.717) is 6.79 Å². The van der Waals surface area contributed by atoms with E-state index < -0.39 is 8.07 Å². The summed E-state index contributed by atoms with van der Waals surface area (Å²) in [7, 11) is -1.07. The molecule has 1 atom stereocenters. The van der Waals surface area contributed by atoms with Gasteiger partial charge in [-0.2, -0.15) is 0 Å². The number of hydrogen-bond acceptors (Lipinski definition) is 4. The van der Waals surface area contributed by atoms with Crippen molar-refractivity contribution in [3.8, 4) is 0 Å². The Morgan fingerprint density at radius 2 is 1.97 bits per heavy atom. The molecule has 0 aliphatic carbocycles. The van der Waals surface area contributed by atoms with E-state index >= 15 is 0 Å². The predicted octanol–water partition coefficient (Wildman–Crippen LogP) is 7.64. The molecule has 29 heavy (non-hydrogen) atoms. The molecule has 1 aromatic heterocycles. The number of nitrogens with zero attached hydrogens (tertiary/aromatic N) is 1. The Balaban J connectivity index is 2.66. The lowest BCUT2D eigenvalue weighted by molar-refractivity contribution is -0.0736. The van der Waals surface area contributed by atoms with Gasteiger partial charge in [0.2, 0.25) is 0 Å². The molecule has 1 unspecified atom stereocenters. The smallest absolute Gasteiger partial charge is 0.147 e. The van der Waals surface area contributed by atoms with Crippen LogP contribution in [0.15, 0.2) is 34.8 Å². The van der Waals surface area contributed by atoms with Crippen molar-refractivity contribution in [3.63, 3.8) is 0 Å². The molecule has 0 aromatic carbocycles. The van der Waals surface area contributed by atoms with E-state index in [1.54, 1.807) is 11.3 Å². The van der Waals surface area contributed by atoms with E-state index in [-0.39, 0.29) is 6.10 Å².